The van der Waals surface area contributed by atoms with Crippen molar-refractivity contribution in [3.8, 4) is 0 Å². The molecule has 0 saturated heterocycles. The van der Waals surface area contributed by atoms with Gasteiger partial charge in [-0.15, -0.1) is 0 Å². The Labute approximate surface area is 164 Å². The average Bonchev–Trinajstić information content (AvgIpc) is 2.65. The molecule has 148 valence electrons. The van der Waals surface area contributed by atoms with Crippen LogP contribution in [-0.4, -0.2) is 23.3 Å². The summed E-state index contributed by atoms with van der Waals surface area (Å²) in [5.74, 6) is 0.240. The summed E-state index contributed by atoms with van der Waals surface area (Å²) in [6.45, 7) is 5.54. The molecule has 0 bridgehead atoms. The van der Waals surface area contributed by atoms with Crippen LogP contribution < -0.4 is 0 Å². The van der Waals surface area contributed by atoms with E-state index in [2.05, 4.69) is 13.0 Å². The van der Waals surface area contributed by atoms with Gasteiger partial charge in [0.15, 0.2) is 11.6 Å². The van der Waals surface area contributed by atoms with Crippen LogP contribution in [0.25, 0.3) is 0 Å². The van der Waals surface area contributed by atoms with Gasteiger partial charge in [-0.25, -0.2) is 0 Å². The summed E-state index contributed by atoms with van der Waals surface area (Å²) < 4.78 is 0. The Kier molecular flexibility index (Phi) is 12.7. The molecule has 0 unspecified atom stereocenters. The lowest BCUT2D eigenvalue weighted by atomic mass is 10.0. The number of aliphatic hydroxyl groups excluding tert-OH is 1. The van der Waals surface area contributed by atoms with Crippen LogP contribution in [0.15, 0.2) is 48.5 Å². The van der Waals surface area contributed by atoms with Gasteiger partial charge < -0.3 is 5.11 Å². The highest BCUT2D eigenvalue weighted by Crippen LogP contribution is 2.09. The Hall–Kier alpha value is -2.26. The molecule has 2 aromatic carbocycles. The average molecular weight is 371 g/mol. The lowest BCUT2D eigenvalue weighted by molar-refractivity contribution is 0.100. The monoisotopic (exact) mass is 370 g/mol. The van der Waals surface area contributed by atoms with Crippen molar-refractivity contribution in [1.29, 1.82) is 0 Å². The van der Waals surface area contributed by atoms with Gasteiger partial charge in [0.2, 0.25) is 0 Å². The zero-order valence-corrected chi connectivity index (χ0v) is 16.1. The van der Waals surface area contributed by atoms with Crippen LogP contribution in [0.2, 0.25) is 0 Å². The number of rotatable bonds is 8. The minimum atomic E-state index is 0. The molecule has 0 amide bonds. The normalized spacial score (nSPS) is 9.63. The molecular formula is C24H34O3. The van der Waals surface area contributed by atoms with Crippen LogP contribution in [0.4, 0.5) is 0 Å². The number of carbonyl (C=O) groups is 2. The fraction of sp³-hybridized carbons (Fsp3) is 0.417. The molecule has 1 N–H and O–H groups in total. The Morgan fingerprint density at radius 1 is 0.815 bits per heavy atom. The van der Waals surface area contributed by atoms with E-state index in [1.165, 1.54) is 18.4 Å². The van der Waals surface area contributed by atoms with Crippen molar-refractivity contribution in [3.05, 3.63) is 70.8 Å². The lowest BCUT2D eigenvalue weighted by Gasteiger charge is -2.01. The topological polar surface area (TPSA) is 54.4 Å². The molecule has 0 atom stereocenters. The number of ketones is 2. The van der Waals surface area contributed by atoms with E-state index in [1.807, 2.05) is 42.5 Å². The fourth-order valence-electron chi connectivity index (χ4n) is 2.56. The highest BCUT2D eigenvalue weighted by Gasteiger charge is 2.00. The van der Waals surface area contributed by atoms with E-state index in [9.17, 15) is 9.59 Å². The zero-order chi connectivity index (χ0) is 19.4. The second-order valence-corrected chi connectivity index (χ2v) is 6.44. The van der Waals surface area contributed by atoms with E-state index in [4.69, 9.17) is 5.11 Å². The van der Waals surface area contributed by atoms with Gasteiger partial charge in [0.25, 0.3) is 0 Å². The molecule has 27 heavy (non-hydrogen) atoms. The molecule has 0 aliphatic rings. The molecule has 0 aliphatic carbocycles. The number of hydrogen-bond acceptors (Lipinski definition) is 3. The van der Waals surface area contributed by atoms with Gasteiger partial charge in [0, 0.05) is 17.7 Å². The Balaban J connectivity index is 0.000000483. The first-order valence-electron chi connectivity index (χ1n) is 9.28. The molecule has 0 aliphatic heterocycles. The number of unbranched alkanes of at least 4 members (excludes halogenated alkanes) is 1. The van der Waals surface area contributed by atoms with Crippen LogP contribution in [0.1, 0.15) is 79.3 Å². The maximum Gasteiger partial charge on any atom is 0.159 e. The molecule has 3 nitrogen and oxygen atoms in total. The summed E-state index contributed by atoms with van der Waals surface area (Å²) in [6, 6.07) is 15.5. The predicted octanol–water partition coefficient (Wildman–Crippen LogP) is 5.68. The number of Topliss-reactive ketones (excluding diaryl/α,β-unsaturated/α-hetero) is 2. The second-order valence-electron chi connectivity index (χ2n) is 6.44. The summed E-state index contributed by atoms with van der Waals surface area (Å²) >= 11 is 0. The number of aliphatic hydroxyl groups is 1. The summed E-state index contributed by atoms with van der Waals surface area (Å²) in [4.78, 5) is 22.1. The molecule has 3 heteroatoms. The summed E-state index contributed by atoms with van der Waals surface area (Å²) in [5, 5.41) is 8.64. The zero-order valence-electron chi connectivity index (χ0n) is 16.1. The quantitative estimate of drug-likeness (QED) is 0.608. The summed E-state index contributed by atoms with van der Waals surface area (Å²) in [5.41, 5.74) is 3.96. The van der Waals surface area contributed by atoms with Gasteiger partial charge in [0.05, 0.1) is 0 Å². The van der Waals surface area contributed by atoms with E-state index < -0.39 is 0 Å². The van der Waals surface area contributed by atoms with Gasteiger partial charge in [-0.3, -0.25) is 9.59 Å². The minimum Gasteiger partial charge on any atom is -0.396 e. The van der Waals surface area contributed by atoms with Gasteiger partial charge in [0.1, 0.15) is 0 Å². The van der Waals surface area contributed by atoms with E-state index in [0.29, 0.717) is 0 Å². The smallest absolute Gasteiger partial charge is 0.159 e. The van der Waals surface area contributed by atoms with Crippen molar-refractivity contribution in [2.24, 2.45) is 0 Å². The summed E-state index contributed by atoms with van der Waals surface area (Å²) in [6.07, 6.45) is 5.06. The maximum atomic E-state index is 11.1. The first kappa shape index (κ1) is 24.7. The van der Waals surface area contributed by atoms with Crippen molar-refractivity contribution < 1.29 is 14.7 Å². The van der Waals surface area contributed by atoms with Gasteiger partial charge >= 0.3 is 0 Å². The van der Waals surface area contributed by atoms with Crippen LogP contribution in [0.5, 0.6) is 0 Å². The van der Waals surface area contributed by atoms with Crippen molar-refractivity contribution in [1.82, 2.24) is 0 Å². The SMILES string of the molecule is C.CC(=O)c1cccc(CCCO)c1.CCCCc1cccc(C(C)=O)c1. The highest BCUT2D eigenvalue weighted by molar-refractivity contribution is 5.94. The van der Waals surface area contributed by atoms with Crippen molar-refractivity contribution in [2.75, 3.05) is 6.61 Å². The van der Waals surface area contributed by atoms with E-state index in [0.717, 1.165) is 36.0 Å². The molecule has 2 rings (SSSR count). The third-order valence-corrected chi connectivity index (χ3v) is 4.11. The Morgan fingerprint density at radius 2 is 1.26 bits per heavy atom. The highest BCUT2D eigenvalue weighted by atomic mass is 16.2. The molecular weight excluding hydrogens is 336 g/mol. The van der Waals surface area contributed by atoms with Crippen LogP contribution in [0, 0.1) is 0 Å². The number of benzene rings is 2. The van der Waals surface area contributed by atoms with Crippen molar-refractivity contribution in [2.45, 2.75) is 60.3 Å². The first-order chi connectivity index (χ1) is 12.5. The van der Waals surface area contributed by atoms with Crippen LogP contribution in [0.3, 0.4) is 0 Å². The molecule has 2 aromatic rings. The standard InChI is InChI=1S/C12H16O.C11H14O2.CH4/c1-3-4-6-11-7-5-8-12(9-11)10(2)13;1-9(13)11-6-2-4-10(8-11)5-3-7-12;/h5,7-9H,3-4,6H2,1-2H3;2,4,6,8,12H,3,5,7H2,1H3;1H4. The molecule has 0 saturated carbocycles. The number of carbonyl (C=O) groups excluding carboxylic acids is 2. The molecule has 0 aromatic heterocycles. The second kappa shape index (κ2) is 13.9. The molecule has 0 fully saturated rings. The number of aryl methyl sites for hydroxylation is 2. The lowest BCUT2D eigenvalue weighted by Crippen LogP contribution is -1.95. The number of hydrogen-bond donors (Lipinski definition) is 1. The largest absolute Gasteiger partial charge is 0.396 e. The molecule has 0 heterocycles. The third-order valence-electron chi connectivity index (χ3n) is 4.11. The Bertz CT molecular complexity index is 643. The van der Waals surface area contributed by atoms with Crippen molar-refractivity contribution in [3.63, 3.8) is 0 Å². The summed E-state index contributed by atoms with van der Waals surface area (Å²) in [7, 11) is 0. The van der Waals surface area contributed by atoms with E-state index in [-0.39, 0.29) is 25.6 Å². The van der Waals surface area contributed by atoms with Gasteiger partial charge in [-0.2, -0.15) is 0 Å². The van der Waals surface area contributed by atoms with E-state index in [1.54, 1.807) is 13.8 Å². The molecule has 0 radical (unpaired) electrons. The predicted molar refractivity (Wildman–Crippen MR) is 114 cm³/mol. The first-order valence-corrected chi connectivity index (χ1v) is 9.28. The van der Waals surface area contributed by atoms with Crippen molar-refractivity contribution >= 4 is 11.6 Å². The maximum absolute atomic E-state index is 11.1. The minimum absolute atomic E-state index is 0. The van der Waals surface area contributed by atoms with Gasteiger partial charge in [-0.1, -0.05) is 57.2 Å². The fourth-order valence-corrected chi connectivity index (χ4v) is 2.56. The third kappa shape index (κ3) is 9.86. The van der Waals surface area contributed by atoms with Gasteiger partial charge in [-0.05, 0) is 62.8 Å². The Morgan fingerprint density at radius 3 is 1.63 bits per heavy atom. The van der Waals surface area contributed by atoms with E-state index >= 15 is 0 Å². The van der Waals surface area contributed by atoms with Crippen LogP contribution in [-0.2, 0) is 12.8 Å². The van der Waals surface area contributed by atoms with Crippen LogP contribution >= 0.6 is 0 Å². The molecule has 0 spiro atoms.